The van der Waals surface area contributed by atoms with Crippen molar-refractivity contribution in [1.82, 2.24) is 5.32 Å². The van der Waals surface area contributed by atoms with E-state index in [-0.39, 0.29) is 11.4 Å². The third kappa shape index (κ3) is 2.88. The molecule has 1 heterocycles. The lowest BCUT2D eigenvalue weighted by Crippen LogP contribution is -2.58. The molecule has 0 aromatic rings. The Labute approximate surface area is 96.3 Å². The lowest BCUT2D eigenvalue weighted by Gasteiger charge is -2.42. The van der Waals surface area contributed by atoms with E-state index in [1.807, 2.05) is 25.7 Å². The lowest BCUT2D eigenvalue weighted by atomic mass is 9.80. The molecule has 0 spiro atoms. The first-order valence-corrected chi connectivity index (χ1v) is 6.55. The number of nitrogens with one attached hydrogen (secondary N) is 1. The van der Waals surface area contributed by atoms with Crippen LogP contribution in [0.1, 0.15) is 27.2 Å². The first kappa shape index (κ1) is 12.8. The summed E-state index contributed by atoms with van der Waals surface area (Å²) in [6, 6.07) is 0. The zero-order valence-electron chi connectivity index (χ0n) is 10.1. The quantitative estimate of drug-likeness (QED) is 0.750. The molecule has 4 heteroatoms. The minimum Gasteiger partial charge on any atom is -0.465 e. The van der Waals surface area contributed by atoms with Crippen molar-refractivity contribution in [3.8, 4) is 0 Å². The van der Waals surface area contributed by atoms with Gasteiger partial charge in [0.05, 0.1) is 6.61 Å². The second-order valence-electron chi connectivity index (χ2n) is 4.89. The topological polar surface area (TPSA) is 38.3 Å². The molecule has 1 aliphatic heterocycles. The monoisotopic (exact) mass is 231 g/mol. The highest BCUT2D eigenvalue weighted by Gasteiger charge is 2.46. The Bertz CT molecular complexity index is 243. The van der Waals surface area contributed by atoms with Crippen LogP contribution in [-0.2, 0) is 9.53 Å². The van der Waals surface area contributed by atoms with E-state index in [0.717, 1.165) is 17.9 Å². The van der Waals surface area contributed by atoms with Crippen molar-refractivity contribution in [3.63, 3.8) is 0 Å². The molecule has 1 fully saturated rings. The van der Waals surface area contributed by atoms with Gasteiger partial charge in [-0.2, -0.15) is 11.8 Å². The summed E-state index contributed by atoms with van der Waals surface area (Å²) in [5.41, 5.74) is -0.291. The Morgan fingerprint density at radius 2 is 2.13 bits per heavy atom. The third-order valence-electron chi connectivity index (χ3n) is 2.77. The van der Waals surface area contributed by atoms with E-state index in [0.29, 0.717) is 6.61 Å². The van der Waals surface area contributed by atoms with Crippen LogP contribution in [0.5, 0.6) is 0 Å². The van der Waals surface area contributed by atoms with Crippen molar-refractivity contribution in [3.05, 3.63) is 0 Å². The zero-order valence-corrected chi connectivity index (χ0v) is 10.9. The normalized spacial score (nSPS) is 29.9. The second kappa shape index (κ2) is 4.74. The fraction of sp³-hybridized carbons (Fsp3) is 0.909. The number of ether oxygens (including phenoxy) is 1. The summed E-state index contributed by atoms with van der Waals surface area (Å²) in [5, 5.41) is 3.16. The molecule has 88 valence electrons. The van der Waals surface area contributed by atoms with Gasteiger partial charge in [0, 0.05) is 5.75 Å². The van der Waals surface area contributed by atoms with Crippen LogP contribution < -0.4 is 5.32 Å². The summed E-state index contributed by atoms with van der Waals surface area (Å²) in [5.74, 6) is 1.81. The van der Waals surface area contributed by atoms with Gasteiger partial charge in [-0.3, -0.25) is 4.79 Å². The molecule has 0 aromatic carbocycles. The van der Waals surface area contributed by atoms with E-state index in [1.165, 1.54) is 0 Å². The van der Waals surface area contributed by atoms with E-state index in [4.69, 9.17) is 4.74 Å². The van der Waals surface area contributed by atoms with Crippen molar-refractivity contribution in [2.45, 2.75) is 32.7 Å². The summed E-state index contributed by atoms with van der Waals surface area (Å²) >= 11 is 1.82. The number of esters is 1. The van der Waals surface area contributed by atoms with E-state index < -0.39 is 5.54 Å². The highest BCUT2D eigenvalue weighted by atomic mass is 32.2. The van der Waals surface area contributed by atoms with Crippen LogP contribution in [0.2, 0.25) is 0 Å². The molecule has 1 aliphatic rings. The first-order chi connectivity index (χ1) is 6.96. The van der Waals surface area contributed by atoms with Gasteiger partial charge in [0.25, 0.3) is 0 Å². The number of likely N-dealkylation sites (N-methyl/N-ethyl adjacent to an activating group) is 1. The minimum atomic E-state index is -0.484. The van der Waals surface area contributed by atoms with Crippen molar-refractivity contribution in [2.24, 2.45) is 5.41 Å². The van der Waals surface area contributed by atoms with E-state index >= 15 is 0 Å². The number of thioether (sulfide) groups is 1. The van der Waals surface area contributed by atoms with E-state index in [1.54, 1.807) is 0 Å². The molecule has 0 amide bonds. The summed E-state index contributed by atoms with van der Waals surface area (Å²) in [6.45, 7) is 6.70. The lowest BCUT2D eigenvalue weighted by molar-refractivity contribution is -0.151. The Balaban J connectivity index is 2.79. The maximum Gasteiger partial charge on any atom is 0.327 e. The second-order valence-corrected chi connectivity index (χ2v) is 5.87. The van der Waals surface area contributed by atoms with Gasteiger partial charge < -0.3 is 10.1 Å². The van der Waals surface area contributed by atoms with Crippen LogP contribution in [0.4, 0.5) is 0 Å². The molecule has 0 aliphatic carbocycles. The molecule has 1 atom stereocenters. The van der Waals surface area contributed by atoms with Gasteiger partial charge in [0.15, 0.2) is 0 Å². The number of carbonyl (C=O) groups excluding carboxylic acids is 1. The molecule has 15 heavy (non-hydrogen) atoms. The summed E-state index contributed by atoms with van der Waals surface area (Å²) in [7, 11) is 1.85. The van der Waals surface area contributed by atoms with Gasteiger partial charge >= 0.3 is 5.97 Å². The minimum absolute atomic E-state index is 0.104. The van der Waals surface area contributed by atoms with Crippen LogP contribution in [0.25, 0.3) is 0 Å². The Hall–Kier alpha value is -0.220. The van der Waals surface area contributed by atoms with Crippen LogP contribution in [0, 0.1) is 5.41 Å². The fourth-order valence-electron chi connectivity index (χ4n) is 2.08. The maximum atomic E-state index is 11.9. The molecule has 0 radical (unpaired) electrons. The molecular weight excluding hydrogens is 210 g/mol. The largest absolute Gasteiger partial charge is 0.465 e. The predicted molar refractivity (Wildman–Crippen MR) is 64.1 cm³/mol. The maximum absolute atomic E-state index is 11.9. The molecule has 1 rings (SSSR count). The average molecular weight is 231 g/mol. The van der Waals surface area contributed by atoms with Crippen molar-refractivity contribution in [2.75, 3.05) is 25.2 Å². The highest BCUT2D eigenvalue weighted by Crippen LogP contribution is 2.39. The van der Waals surface area contributed by atoms with Gasteiger partial charge in [-0.1, -0.05) is 13.8 Å². The van der Waals surface area contributed by atoms with Gasteiger partial charge in [-0.25, -0.2) is 0 Å². The van der Waals surface area contributed by atoms with Gasteiger partial charge in [0.2, 0.25) is 0 Å². The van der Waals surface area contributed by atoms with E-state index in [9.17, 15) is 4.79 Å². The van der Waals surface area contributed by atoms with Crippen LogP contribution >= 0.6 is 11.8 Å². The molecule has 1 N–H and O–H groups in total. The molecule has 1 unspecified atom stereocenters. The standard InChI is InChI=1S/C11H21NO2S/c1-5-14-9(13)11(12-4)6-10(2,3)7-15-8-11/h12H,5-8H2,1-4H3. The van der Waals surface area contributed by atoms with Crippen molar-refractivity contribution < 1.29 is 9.53 Å². The molecule has 0 aromatic heterocycles. The molecular formula is C11H21NO2S. The highest BCUT2D eigenvalue weighted by molar-refractivity contribution is 7.99. The third-order valence-corrected chi connectivity index (χ3v) is 4.45. The molecule has 1 saturated heterocycles. The van der Waals surface area contributed by atoms with Gasteiger partial charge in [-0.15, -0.1) is 0 Å². The molecule has 0 bridgehead atoms. The van der Waals surface area contributed by atoms with Crippen LogP contribution in [0.3, 0.4) is 0 Å². The number of hydrogen-bond acceptors (Lipinski definition) is 4. The molecule has 0 saturated carbocycles. The van der Waals surface area contributed by atoms with Gasteiger partial charge in [-0.05, 0) is 31.6 Å². The summed E-state index contributed by atoms with van der Waals surface area (Å²) in [4.78, 5) is 11.9. The van der Waals surface area contributed by atoms with Gasteiger partial charge in [0.1, 0.15) is 5.54 Å². The Morgan fingerprint density at radius 1 is 1.47 bits per heavy atom. The predicted octanol–water partition coefficient (Wildman–Crippen LogP) is 1.67. The van der Waals surface area contributed by atoms with Crippen molar-refractivity contribution in [1.29, 1.82) is 0 Å². The summed E-state index contributed by atoms with van der Waals surface area (Å²) in [6.07, 6.45) is 0.850. The number of rotatable bonds is 3. The van der Waals surface area contributed by atoms with Crippen LogP contribution in [-0.4, -0.2) is 36.7 Å². The van der Waals surface area contributed by atoms with E-state index in [2.05, 4.69) is 19.2 Å². The number of hydrogen-bond donors (Lipinski definition) is 1. The fourth-order valence-corrected chi connectivity index (χ4v) is 3.55. The smallest absolute Gasteiger partial charge is 0.327 e. The Kier molecular flexibility index (Phi) is 4.06. The average Bonchev–Trinajstić information content (AvgIpc) is 2.16. The number of carbonyl (C=O) groups is 1. The van der Waals surface area contributed by atoms with Crippen molar-refractivity contribution >= 4 is 17.7 Å². The van der Waals surface area contributed by atoms with Crippen LogP contribution in [0.15, 0.2) is 0 Å². The summed E-state index contributed by atoms with van der Waals surface area (Å²) < 4.78 is 5.15. The Morgan fingerprint density at radius 3 is 2.60 bits per heavy atom. The zero-order chi connectivity index (χ0) is 11.5. The molecule has 3 nitrogen and oxygen atoms in total. The first-order valence-electron chi connectivity index (χ1n) is 5.40. The SMILES string of the molecule is CCOC(=O)C1(NC)CSCC(C)(C)C1.